The van der Waals surface area contributed by atoms with E-state index in [0.717, 1.165) is 49.4 Å². The molecule has 2 aliphatic carbocycles. The molecule has 4 rings (SSSR count). The van der Waals surface area contributed by atoms with E-state index in [9.17, 15) is 9.59 Å². The van der Waals surface area contributed by atoms with Crippen molar-refractivity contribution in [3.8, 4) is 0 Å². The standard InChI is InChI=1S/C21H32N4O2/c26-19(11-10-15-6-4-5-7-15)25-13-12-18-17(14-25)20(24-23-18)21(27)22-16-8-2-1-3-9-16/h15-16H,1-14H2,(H,22,27)(H,23,24). The molecule has 0 spiro atoms. The van der Waals surface area contributed by atoms with E-state index in [0.29, 0.717) is 18.7 Å². The van der Waals surface area contributed by atoms with Gasteiger partial charge >= 0.3 is 0 Å². The van der Waals surface area contributed by atoms with Crippen molar-refractivity contribution < 1.29 is 9.59 Å². The van der Waals surface area contributed by atoms with Crippen LogP contribution in [0.3, 0.4) is 0 Å². The highest BCUT2D eigenvalue weighted by Gasteiger charge is 2.29. The number of amides is 2. The van der Waals surface area contributed by atoms with Crippen LogP contribution in [-0.2, 0) is 17.8 Å². The fraction of sp³-hybridized carbons (Fsp3) is 0.762. The number of rotatable bonds is 5. The number of carbonyl (C=O) groups excluding carboxylic acids is 2. The second-order valence-corrected chi connectivity index (χ2v) is 8.59. The molecule has 0 atom stereocenters. The minimum atomic E-state index is -0.0837. The number of carbonyl (C=O) groups is 2. The van der Waals surface area contributed by atoms with Gasteiger partial charge in [-0.25, -0.2) is 0 Å². The summed E-state index contributed by atoms with van der Waals surface area (Å²) in [5, 5.41) is 10.5. The van der Waals surface area contributed by atoms with Gasteiger partial charge in [-0.3, -0.25) is 14.7 Å². The second-order valence-electron chi connectivity index (χ2n) is 8.59. The summed E-state index contributed by atoms with van der Waals surface area (Å²) in [6, 6.07) is 0.270. The maximum absolute atomic E-state index is 12.7. The molecule has 3 aliphatic rings. The summed E-state index contributed by atoms with van der Waals surface area (Å²) < 4.78 is 0. The lowest BCUT2D eigenvalue weighted by Crippen LogP contribution is -2.39. The largest absolute Gasteiger partial charge is 0.348 e. The van der Waals surface area contributed by atoms with Crippen molar-refractivity contribution in [1.82, 2.24) is 20.4 Å². The van der Waals surface area contributed by atoms with Crippen LogP contribution in [0.2, 0.25) is 0 Å². The number of aromatic amines is 1. The van der Waals surface area contributed by atoms with Crippen LogP contribution < -0.4 is 5.32 Å². The predicted molar refractivity (Wildman–Crippen MR) is 103 cm³/mol. The maximum Gasteiger partial charge on any atom is 0.272 e. The number of H-pyrrole nitrogens is 1. The first-order chi connectivity index (χ1) is 13.2. The van der Waals surface area contributed by atoms with E-state index in [2.05, 4.69) is 15.5 Å². The van der Waals surface area contributed by atoms with Gasteiger partial charge in [0.25, 0.3) is 5.91 Å². The van der Waals surface area contributed by atoms with E-state index in [1.807, 2.05) is 4.90 Å². The molecule has 148 valence electrons. The number of aromatic nitrogens is 2. The first kappa shape index (κ1) is 18.5. The first-order valence-corrected chi connectivity index (χ1v) is 10.9. The van der Waals surface area contributed by atoms with Crippen LogP contribution in [-0.4, -0.2) is 39.5 Å². The Morgan fingerprint density at radius 2 is 1.81 bits per heavy atom. The van der Waals surface area contributed by atoms with Crippen molar-refractivity contribution >= 4 is 11.8 Å². The first-order valence-electron chi connectivity index (χ1n) is 10.9. The van der Waals surface area contributed by atoms with Crippen LogP contribution in [0.15, 0.2) is 0 Å². The van der Waals surface area contributed by atoms with Crippen LogP contribution in [0.5, 0.6) is 0 Å². The van der Waals surface area contributed by atoms with Crippen molar-refractivity contribution in [2.45, 2.75) is 89.6 Å². The summed E-state index contributed by atoms with van der Waals surface area (Å²) in [5.41, 5.74) is 2.43. The molecule has 6 nitrogen and oxygen atoms in total. The number of hydrogen-bond donors (Lipinski definition) is 2. The molecule has 2 fully saturated rings. The van der Waals surface area contributed by atoms with E-state index in [4.69, 9.17) is 0 Å². The Kier molecular flexibility index (Phi) is 5.79. The van der Waals surface area contributed by atoms with E-state index in [1.54, 1.807) is 0 Å². The summed E-state index contributed by atoms with van der Waals surface area (Å²) in [4.78, 5) is 27.3. The molecule has 2 amide bonds. The molecule has 0 radical (unpaired) electrons. The molecule has 1 aromatic heterocycles. The number of nitrogens with one attached hydrogen (secondary N) is 2. The van der Waals surface area contributed by atoms with E-state index >= 15 is 0 Å². The zero-order valence-corrected chi connectivity index (χ0v) is 16.3. The van der Waals surface area contributed by atoms with Gasteiger partial charge in [0.2, 0.25) is 5.91 Å². The Bertz CT molecular complexity index is 672. The number of fused-ring (bicyclic) bond motifs is 1. The number of nitrogens with zero attached hydrogens (tertiary/aromatic N) is 2. The summed E-state index contributed by atoms with van der Waals surface area (Å²) in [7, 11) is 0. The number of hydrogen-bond acceptors (Lipinski definition) is 3. The predicted octanol–water partition coefficient (Wildman–Crippen LogP) is 3.33. The lowest BCUT2D eigenvalue weighted by atomic mass is 9.95. The van der Waals surface area contributed by atoms with Gasteiger partial charge in [-0.05, 0) is 25.2 Å². The topological polar surface area (TPSA) is 78.1 Å². The van der Waals surface area contributed by atoms with Gasteiger partial charge in [-0.2, -0.15) is 5.10 Å². The summed E-state index contributed by atoms with van der Waals surface area (Å²) in [6.07, 6.45) is 13.4. The zero-order chi connectivity index (χ0) is 18.6. The third-order valence-electron chi connectivity index (χ3n) is 6.68. The molecular formula is C21H32N4O2. The van der Waals surface area contributed by atoms with Crippen LogP contribution in [0.4, 0.5) is 0 Å². The third kappa shape index (κ3) is 4.36. The molecule has 2 saturated carbocycles. The molecule has 0 aromatic carbocycles. The highest BCUT2D eigenvalue weighted by Crippen LogP contribution is 2.29. The molecule has 1 aliphatic heterocycles. The lowest BCUT2D eigenvalue weighted by Gasteiger charge is -2.28. The van der Waals surface area contributed by atoms with Crippen molar-refractivity contribution in [2.75, 3.05) is 6.54 Å². The van der Waals surface area contributed by atoms with Crippen LogP contribution in [0.25, 0.3) is 0 Å². The van der Waals surface area contributed by atoms with Crippen LogP contribution in [0, 0.1) is 5.92 Å². The second kappa shape index (κ2) is 8.44. The normalized spacial score (nSPS) is 21.3. The van der Waals surface area contributed by atoms with E-state index in [1.165, 1.54) is 44.9 Å². The maximum atomic E-state index is 12.7. The average Bonchev–Trinajstić information content (AvgIpc) is 3.36. The van der Waals surface area contributed by atoms with Crippen LogP contribution in [0.1, 0.15) is 92.4 Å². The Balaban J connectivity index is 1.35. The minimum absolute atomic E-state index is 0.0837. The Labute approximate surface area is 161 Å². The van der Waals surface area contributed by atoms with Gasteiger partial charge in [0.05, 0.1) is 0 Å². The van der Waals surface area contributed by atoms with Crippen molar-refractivity contribution in [1.29, 1.82) is 0 Å². The van der Waals surface area contributed by atoms with E-state index in [-0.39, 0.29) is 17.9 Å². The van der Waals surface area contributed by atoms with Gasteiger partial charge in [-0.15, -0.1) is 0 Å². The lowest BCUT2D eigenvalue weighted by molar-refractivity contribution is -0.132. The van der Waals surface area contributed by atoms with Crippen molar-refractivity contribution in [2.24, 2.45) is 5.92 Å². The molecule has 1 aromatic rings. The minimum Gasteiger partial charge on any atom is -0.348 e. The quantitative estimate of drug-likeness (QED) is 0.832. The summed E-state index contributed by atoms with van der Waals surface area (Å²) >= 11 is 0. The monoisotopic (exact) mass is 372 g/mol. The summed E-state index contributed by atoms with van der Waals surface area (Å²) in [6.45, 7) is 1.24. The average molecular weight is 373 g/mol. The Morgan fingerprint density at radius 1 is 1.07 bits per heavy atom. The third-order valence-corrected chi connectivity index (χ3v) is 6.68. The van der Waals surface area contributed by atoms with Crippen molar-refractivity contribution in [3.05, 3.63) is 17.0 Å². The van der Waals surface area contributed by atoms with Crippen molar-refractivity contribution in [3.63, 3.8) is 0 Å². The highest BCUT2D eigenvalue weighted by atomic mass is 16.2. The van der Waals surface area contributed by atoms with Crippen LogP contribution >= 0.6 is 0 Å². The highest BCUT2D eigenvalue weighted by molar-refractivity contribution is 5.94. The van der Waals surface area contributed by atoms with Gasteiger partial charge in [0, 0.05) is 43.2 Å². The zero-order valence-electron chi connectivity index (χ0n) is 16.3. The molecule has 2 N–H and O–H groups in total. The summed E-state index contributed by atoms with van der Waals surface area (Å²) in [5.74, 6) is 0.882. The van der Waals surface area contributed by atoms with Gasteiger partial charge in [0.15, 0.2) is 5.69 Å². The van der Waals surface area contributed by atoms with Gasteiger partial charge in [-0.1, -0.05) is 44.9 Å². The molecule has 27 heavy (non-hydrogen) atoms. The van der Waals surface area contributed by atoms with E-state index < -0.39 is 0 Å². The molecule has 0 unspecified atom stereocenters. The smallest absolute Gasteiger partial charge is 0.272 e. The molecular weight excluding hydrogens is 340 g/mol. The van der Waals surface area contributed by atoms with Gasteiger partial charge < -0.3 is 10.2 Å². The Hall–Kier alpha value is -1.85. The molecule has 0 saturated heterocycles. The fourth-order valence-electron chi connectivity index (χ4n) is 4.98. The fourth-order valence-corrected chi connectivity index (χ4v) is 4.98. The molecule has 2 heterocycles. The Morgan fingerprint density at radius 3 is 2.59 bits per heavy atom. The molecule has 0 bridgehead atoms. The SMILES string of the molecule is O=C(NC1CCCCC1)c1n[nH]c2c1CN(C(=O)CCC1CCCC1)CC2. The molecule has 6 heteroatoms. The van der Waals surface area contributed by atoms with Gasteiger partial charge in [0.1, 0.15) is 0 Å².